The lowest BCUT2D eigenvalue weighted by Crippen LogP contribution is -2.20. The molecule has 3 rings (SSSR count). The van der Waals surface area contributed by atoms with Crippen LogP contribution < -0.4 is 0 Å². The molecule has 1 aromatic heterocycles. The Labute approximate surface area is 165 Å². The number of rotatable bonds is 7. The van der Waals surface area contributed by atoms with Crippen molar-refractivity contribution in [1.29, 1.82) is 0 Å². The Morgan fingerprint density at radius 2 is 1.96 bits per heavy atom. The van der Waals surface area contributed by atoms with E-state index >= 15 is 0 Å². The number of aryl methyl sites for hydroxylation is 1. The molecule has 1 aromatic carbocycles. The molecule has 1 heterocycles. The second-order valence-corrected chi connectivity index (χ2v) is 9.07. The summed E-state index contributed by atoms with van der Waals surface area (Å²) in [5, 5.41) is 3.34. The van der Waals surface area contributed by atoms with E-state index in [0.29, 0.717) is 17.7 Å². The number of hydrogen-bond acceptors (Lipinski definition) is 4. The Morgan fingerprint density at radius 1 is 1.26 bits per heavy atom. The number of hydrogen-bond donors (Lipinski definition) is 0. The van der Waals surface area contributed by atoms with E-state index in [0.717, 1.165) is 35.3 Å². The number of halogens is 1. The fourth-order valence-electron chi connectivity index (χ4n) is 3.37. The van der Waals surface area contributed by atoms with E-state index in [1.54, 1.807) is 30.3 Å². The number of unbranched alkanes of at least 4 members (excludes halogenated alkanes) is 2. The topological polar surface area (TPSA) is 69.0 Å². The maximum absolute atomic E-state index is 13.1. The number of benzene rings is 1. The first-order chi connectivity index (χ1) is 12.8. The van der Waals surface area contributed by atoms with Crippen LogP contribution in [0.2, 0.25) is 0 Å². The Balaban J connectivity index is 2.03. The molecule has 0 bridgehead atoms. The SMILES string of the molecule is CCCCCC1C=Cc2c(C(=O)Cl)nn(S(=O)(=O)c3ccc(C)cc3)c2C1. The van der Waals surface area contributed by atoms with Crippen LogP contribution in [0.5, 0.6) is 0 Å². The van der Waals surface area contributed by atoms with Crippen LogP contribution in [0.1, 0.15) is 59.9 Å². The summed E-state index contributed by atoms with van der Waals surface area (Å²) in [7, 11) is -3.90. The minimum atomic E-state index is -3.90. The summed E-state index contributed by atoms with van der Waals surface area (Å²) in [5.41, 5.74) is 2.00. The highest BCUT2D eigenvalue weighted by Gasteiger charge is 2.31. The van der Waals surface area contributed by atoms with Crippen LogP contribution in [0.15, 0.2) is 35.2 Å². The summed E-state index contributed by atoms with van der Waals surface area (Å²) in [6, 6.07) is 6.59. The average molecular weight is 407 g/mol. The molecule has 7 heteroatoms. The van der Waals surface area contributed by atoms with Crippen molar-refractivity contribution in [3.63, 3.8) is 0 Å². The normalized spacial score (nSPS) is 16.3. The van der Waals surface area contributed by atoms with Gasteiger partial charge in [0, 0.05) is 5.56 Å². The molecular formula is C20H23ClN2O3S. The highest BCUT2D eigenvalue weighted by molar-refractivity contribution is 7.89. The lowest BCUT2D eigenvalue weighted by Gasteiger charge is -2.18. The van der Waals surface area contributed by atoms with Gasteiger partial charge < -0.3 is 0 Å². The first-order valence-corrected chi connectivity index (χ1v) is 11.0. The van der Waals surface area contributed by atoms with Crippen molar-refractivity contribution in [2.75, 3.05) is 0 Å². The Bertz CT molecular complexity index is 975. The lowest BCUT2D eigenvalue weighted by atomic mass is 9.89. The maximum Gasteiger partial charge on any atom is 0.283 e. The number of carbonyl (C=O) groups is 1. The van der Waals surface area contributed by atoms with Crippen LogP contribution in [-0.2, 0) is 16.4 Å². The van der Waals surface area contributed by atoms with Gasteiger partial charge in [-0.25, -0.2) is 0 Å². The zero-order valence-corrected chi connectivity index (χ0v) is 17.1. The van der Waals surface area contributed by atoms with Crippen molar-refractivity contribution in [1.82, 2.24) is 9.19 Å². The molecule has 0 spiro atoms. The highest BCUT2D eigenvalue weighted by Crippen LogP contribution is 2.31. The molecule has 0 radical (unpaired) electrons. The van der Waals surface area contributed by atoms with Crippen LogP contribution in [0.3, 0.4) is 0 Å². The third-order valence-electron chi connectivity index (χ3n) is 4.89. The minimum absolute atomic E-state index is 0.00869. The summed E-state index contributed by atoms with van der Waals surface area (Å²) in [4.78, 5) is 11.9. The van der Waals surface area contributed by atoms with Gasteiger partial charge in [0.25, 0.3) is 15.3 Å². The lowest BCUT2D eigenvalue weighted by molar-refractivity contribution is 0.107. The molecule has 0 saturated carbocycles. The highest BCUT2D eigenvalue weighted by atomic mass is 35.5. The van der Waals surface area contributed by atoms with Crippen molar-refractivity contribution in [2.24, 2.45) is 5.92 Å². The molecule has 1 aliphatic rings. The molecule has 1 atom stereocenters. The Kier molecular flexibility index (Phi) is 5.86. The van der Waals surface area contributed by atoms with Gasteiger partial charge in [0.2, 0.25) is 0 Å². The monoisotopic (exact) mass is 406 g/mol. The standard InChI is InChI=1S/C20H23ClN2O3S/c1-3-4-5-6-15-9-12-17-18(13-15)23(22-19(17)20(21)24)27(25,26)16-10-7-14(2)8-11-16/h7-12,15H,3-6,13H2,1-2H3. The number of fused-ring (bicyclic) bond motifs is 1. The summed E-state index contributed by atoms with van der Waals surface area (Å²) in [5.74, 6) is 0.228. The molecular weight excluding hydrogens is 384 g/mol. The molecule has 27 heavy (non-hydrogen) atoms. The quantitative estimate of drug-likeness (QED) is 0.498. The van der Waals surface area contributed by atoms with Crippen LogP contribution >= 0.6 is 11.6 Å². The van der Waals surface area contributed by atoms with Crippen LogP contribution in [-0.4, -0.2) is 22.8 Å². The smallest absolute Gasteiger partial charge is 0.274 e. The van der Waals surface area contributed by atoms with Gasteiger partial charge in [-0.2, -0.15) is 17.6 Å². The van der Waals surface area contributed by atoms with Gasteiger partial charge in [-0.05, 0) is 49.4 Å². The maximum atomic E-state index is 13.1. The van der Waals surface area contributed by atoms with Crippen LogP contribution in [0, 0.1) is 12.8 Å². The second kappa shape index (κ2) is 7.98. The van der Waals surface area contributed by atoms with Crippen LogP contribution in [0.4, 0.5) is 0 Å². The first-order valence-electron chi connectivity index (χ1n) is 9.16. The third-order valence-corrected chi connectivity index (χ3v) is 6.69. The average Bonchev–Trinajstić information content (AvgIpc) is 3.02. The van der Waals surface area contributed by atoms with Gasteiger partial charge in [-0.1, -0.05) is 56.0 Å². The zero-order valence-electron chi connectivity index (χ0n) is 15.5. The predicted molar refractivity (Wildman–Crippen MR) is 107 cm³/mol. The molecule has 0 amide bonds. The Morgan fingerprint density at radius 3 is 2.59 bits per heavy atom. The zero-order chi connectivity index (χ0) is 19.6. The van der Waals surface area contributed by atoms with E-state index in [1.165, 1.54) is 0 Å². The first kappa shape index (κ1) is 19.8. The van der Waals surface area contributed by atoms with Gasteiger partial charge in [0.15, 0.2) is 5.69 Å². The van der Waals surface area contributed by atoms with Crippen molar-refractivity contribution in [3.05, 3.63) is 52.9 Å². The van der Waals surface area contributed by atoms with E-state index < -0.39 is 15.3 Å². The molecule has 5 nitrogen and oxygen atoms in total. The van der Waals surface area contributed by atoms with E-state index in [4.69, 9.17) is 11.6 Å². The van der Waals surface area contributed by atoms with E-state index in [-0.39, 0.29) is 16.5 Å². The molecule has 0 N–H and O–H groups in total. The van der Waals surface area contributed by atoms with Crippen molar-refractivity contribution in [3.8, 4) is 0 Å². The fraction of sp³-hybridized carbons (Fsp3) is 0.400. The summed E-state index contributed by atoms with van der Waals surface area (Å²) in [6.07, 6.45) is 8.68. The number of carbonyl (C=O) groups excluding carboxylic acids is 1. The van der Waals surface area contributed by atoms with E-state index in [1.807, 2.05) is 13.0 Å². The number of aromatic nitrogens is 2. The van der Waals surface area contributed by atoms with Gasteiger partial charge in [-0.3, -0.25) is 4.79 Å². The second-order valence-electron chi connectivity index (χ2n) is 6.96. The third kappa shape index (κ3) is 4.01. The van der Waals surface area contributed by atoms with E-state index in [9.17, 15) is 13.2 Å². The molecule has 144 valence electrons. The van der Waals surface area contributed by atoms with Gasteiger partial charge in [0.05, 0.1) is 10.6 Å². The Hall–Kier alpha value is -1.92. The van der Waals surface area contributed by atoms with Crippen LogP contribution in [0.25, 0.3) is 6.08 Å². The minimum Gasteiger partial charge on any atom is -0.274 e. The van der Waals surface area contributed by atoms with Gasteiger partial charge in [-0.15, -0.1) is 0 Å². The molecule has 1 unspecified atom stereocenters. The predicted octanol–water partition coefficient (Wildman–Crippen LogP) is 4.57. The van der Waals surface area contributed by atoms with Crippen molar-refractivity contribution < 1.29 is 13.2 Å². The molecule has 0 saturated heterocycles. The van der Waals surface area contributed by atoms with E-state index in [2.05, 4.69) is 12.0 Å². The van der Waals surface area contributed by atoms with Gasteiger partial charge >= 0.3 is 0 Å². The number of allylic oxidation sites excluding steroid dienone is 1. The summed E-state index contributed by atoms with van der Waals surface area (Å²) < 4.78 is 27.3. The summed E-state index contributed by atoms with van der Waals surface area (Å²) >= 11 is 5.67. The van der Waals surface area contributed by atoms with Crippen molar-refractivity contribution >= 4 is 32.9 Å². The molecule has 0 fully saturated rings. The summed E-state index contributed by atoms with van der Waals surface area (Å²) in [6.45, 7) is 4.04. The number of nitrogens with zero attached hydrogens (tertiary/aromatic N) is 2. The largest absolute Gasteiger partial charge is 0.283 e. The molecule has 2 aromatic rings. The fourth-order valence-corrected chi connectivity index (χ4v) is 4.84. The molecule has 0 aliphatic heterocycles. The molecule has 1 aliphatic carbocycles. The van der Waals surface area contributed by atoms with Gasteiger partial charge in [0.1, 0.15) is 0 Å². The van der Waals surface area contributed by atoms with Crippen molar-refractivity contribution in [2.45, 2.75) is 50.8 Å².